The fraction of sp³-hybridized carbons (Fsp3) is 0.438. The Balaban J connectivity index is 1.49. The number of aliphatic carboxylic acids is 1. The second kappa shape index (κ2) is 10.4. The van der Waals surface area contributed by atoms with Crippen molar-refractivity contribution in [1.29, 1.82) is 0 Å². The molecule has 3 heterocycles. The van der Waals surface area contributed by atoms with Crippen LogP contribution in [0.2, 0.25) is 0 Å². The second-order valence-corrected chi connectivity index (χ2v) is 11.6. The van der Waals surface area contributed by atoms with Crippen molar-refractivity contribution in [2.24, 2.45) is 5.41 Å². The van der Waals surface area contributed by atoms with Gasteiger partial charge in [-0.05, 0) is 85.9 Å². The van der Waals surface area contributed by atoms with Crippen molar-refractivity contribution in [3.63, 3.8) is 0 Å². The summed E-state index contributed by atoms with van der Waals surface area (Å²) in [5.41, 5.74) is 8.14. The summed E-state index contributed by atoms with van der Waals surface area (Å²) < 4.78 is 19.6. The molecule has 1 saturated heterocycles. The molecule has 1 N–H and O–H groups in total. The van der Waals surface area contributed by atoms with Crippen LogP contribution in [0.3, 0.4) is 0 Å². The molecule has 0 bridgehead atoms. The highest BCUT2D eigenvalue weighted by molar-refractivity contribution is 5.86. The SMILES string of the molecule is Cc1nc(C)c(-c2ccc3c(c2)CCC(Cc2ccc(F)cc2)O3)c(N2CCC(C)(C)CC2)c1CC(=O)O. The van der Waals surface area contributed by atoms with Gasteiger partial charge in [0.1, 0.15) is 17.7 Å². The van der Waals surface area contributed by atoms with Gasteiger partial charge in [-0.15, -0.1) is 0 Å². The molecule has 1 atom stereocenters. The number of ether oxygens (including phenoxy) is 1. The number of fused-ring (bicyclic) bond motifs is 1. The zero-order valence-corrected chi connectivity index (χ0v) is 22.8. The van der Waals surface area contributed by atoms with E-state index in [1.165, 1.54) is 12.1 Å². The molecule has 0 spiro atoms. The summed E-state index contributed by atoms with van der Waals surface area (Å²) in [5, 5.41) is 9.75. The topological polar surface area (TPSA) is 62.7 Å². The summed E-state index contributed by atoms with van der Waals surface area (Å²) in [6.07, 6.45) is 4.66. The number of piperidine rings is 1. The van der Waals surface area contributed by atoms with Crippen LogP contribution in [-0.2, 0) is 24.1 Å². The summed E-state index contributed by atoms with van der Waals surface area (Å²) >= 11 is 0. The van der Waals surface area contributed by atoms with Crippen LogP contribution in [0, 0.1) is 25.1 Å². The van der Waals surface area contributed by atoms with E-state index in [1.807, 2.05) is 32.0 Å². The minimum atomic E-state index is -0.839. The van der Waals surface area contributed by atoms with E-state index in [2.05, 4.69) is 30.9 Å². The maximum atomic E-state index is 13.3. The number of rotatable bonds is 6. The standard InChI is InChI=1S/C32H37FN2O3/c1-20-27(19-29(36)37)31(35-15-13-32(3,4)14-16-35)30(21(2)34-20)24-8-12-28-23(18-24)7-11-26(38-28)17-22-5-9-25(33)10-6-22/h5-6,8-10,12,18,26H,7,11,13-17,19H2,1-4H3,(H,36,37). The van der Waals surface area contributed by atoms with E-state index in [9.17, 15) is 14.3 Å². The van der Waals surface area contributed by atoms with Gasteiger partial charge in [-0.1, -0.05) is 32.0 Å². The molecule has 200 valence electrons. The molecule has 6 heteroatoms. The highest BCUT2D eigenvalue weighted by atomic mass is 19.1. The number of aryl methyl sites for hydroxylation is 3. The van der Waals surface area contributed by atoms with Gasteiger partial charge >= 0.3 is 5.97 Å². The molecule has 0 radical (unpaired) electrons. The van der Waals surface area contributed by atoms with Gasteiger partial charge in [-0.2, -0.15) is 0 Å². The molecule has 5 rings (SSSR count). The van der Waals surface area contributed by atoms with Crippen LogP contribution in [-0.4, -0.2) is 35.3 Å². The first kappa shape index (κ1) is 26.2. The number of hydrogen-bond acceptors (Lipinski definition) is 4. The number of anilines is 1. The number of carbonyl (C=O) groups is 1. The maximum absolute atomic E-state index is 13.3. The Labute approximate surface area is 224 Å². The van der Waals surface area contributed by atoms with Gasteiger partial charge in [0.15, 0.2) is 0 Å². The number of nitrogens with zero attached hydrogens (tertiary/aromatic N) is 2. The molecule has 0 amide bonds. The lowest BCUT2D eigenvalue weighted by Gasteiger charge is -2.40. The van der Waals surface area contributed by atoms with Crippen molar-refractivity contribution in [3.05, 3.63) is 76.4 Å². The Morgan fingerprint density at radius 3 is 2.50 bits per heavy atom. The molecule has 2 aliphatic heterocycles. The average Bonchev–Trinajstić information content (AvgIpc) is 2.86. The third-order valence-corrected chi connectivity index (χ3v) is 8.17. The Morgan fingerprint density at radius 2 is 1.82 bits per heavy atom. The fourth-order valence-electron chi connectivity index (χ4n) is 5.89. The molecule has 2 aliphatic rings. The van der Waals surface area contributed by atoms with Crippen LogP contribution < -0.4 is 9.64 Å². The zero-order chi connectivity index (χ0) is 27.0. The maximum Gasteiger partial charge on any atom is 0.307 e. The van der Waals surface area contributed by atoms with Gasteiger partial charge in [-0.3, -0.25) is 9.78 Å². The van der Waals surface area contributed by atoms with E-state index in [0.29, 0.717) is 0 Å². The number of halogens is 1. The molecule has 0 saturated carbocycles. The minimum Gasteiger partial charge on any atom is -0.490 e. The lowest BCUT2D eigenvalue weighted by molar-refractivity contribution is -0.136. The Bertz CT molecular complexity index is 1340. The van der Waals surface area contributed by atoms with E-state index in [-0.39, 0.29) is 23.8 Å². The van der Waals surface area contributed by atoms with Crippen molar-refractivity contribution >= 4 is 11.7 Å². The molecular formula is C32H37FN2O3. The molecular weight excluding hydrogens is 479 g/mol. The first-order valence-electron chi connectivity index (χ1n) is 13.6. The smallest absolute Gasteiger partial charge is 0.307 e. The number of carboxylic acid groups (broad SMARTS) is 1. The number of pyridine rings is 1. The molecule has 0 aliphatic carbocycles. The van der Waals surface area contributed by atoms with Crippen molar-refractivity contribution in [2.75, 3.05) is 18.0 Å². The van der Waals surface area contributed by atoms with Crippen LogP contribution in [0.4, 0.5) is 10.1 Å². The first-order chi connectivity index (χ1) is 18.1. The number of benzene rings is 2. The quantitative estimate of drug-likeness (QED) is 0.395. The van der Waals surface area contributed by atoms with Gasteiger partial charge in [0.25, 0.3) is 0 Å². The van der Waals surface area contributed by atoms with Crippen molar-refractivity contribution < 1.29 is 19.0 Å². The number of carboxylic acids is 1. The minimum absolute atomic E-state index is 0.0412. The van der Waals surface area contributed by atoms with Crippen molar-refractivity contribution in [1.82, 2.24) is 4.98 Å². The Hall–Kier alpha value is -3.41. The molecule has 1 aromatic heterocycles. The number of hydrogen-bond donors (Lipinski definition) is 1. The second-order valence-electron chi connectivity index (χ2n) is 11.6. The van der Waals surface area contributed by atoms with E-state index in [1.54, 1.807) is 0 Å². The molecule has 3 aromatic rings. The van der Waals surface area contributed by atoms with Crippen LogP contribution in [0.25, 0.3) is 11.1 Å². The average molecular weight is 517 g/mol. The van der Waals surface area contributed by atoms with Gasteiger partial charge in [0.05, 0.1) is 12.1 Å². The van der Waals surface area contributed by atoms with E-state index < -0.39 is 5.97 Å². The monoisotopic (exact) mass is 516 g/mol. The third-order valence-electron chi connectivity index (χ3n) is 8.17. The zero-order valence-electron chi connectivity index (χ0n) is 22.8. The number of aromatic nitrogens is 1. The van der Waals surface area contributed by atoms with E-state index in [4.69, 9.17) is 9.72 Å². The third kappa shape index (κ3) is 5.54. The Morgan fingerprint density at radius 1 is 1.11 bits per heavy atom. The predicted molar refractivity (Wildman–Crippen MR) is 149 cm³/mol. The lowest BCUT2D eigenvalue weighted by atomic mass is 9.82. The summed E-state index contributed by atoms with van der Waals surface area (Å²) in [7, 11) is 0. The van der Waals surface area contributed by atoms with Crippen LogP contribution in [0.5, 0.6) is 5.75 Å². The normalized spacial score (nSPS) is 18.6. The summed E-state index contributed by atoms with van der Waals surface area (Å²) in [6.45, 7) is 10.4. The van der Waals surface area contributed by atoms with Gasteiger partial charge in [-0.25, -0.2) is 4.39 Å². The predicted octanol–water partition coefficient (Wildman–Crippen LogP) is 6.69. The highest BCUT2D eigenvalue weighted by Gasteiger charge is 2.31. The highest BCUT2D eigenvalue weighted by Crippen LogP contribution is 2.43. The molecule has 5 nitrogen and oxygen atoms in total. The van der Waals surface area contributed by atoms with Gasteiger partial charge in [0.2, 0.25) is 0 Å². The molecule has 2 aromatic carbocycles. The Kier molecular flexibility index (Phi) is 7.17. The summed E-state index contributed by atoms with van der Waals surface area (Å²) in [5.74, 6) is -0.178. The van der Waals surface area contributed by atoms with Crippen LogP contribution in [0.1, 0.15) is 61.2 Å². The van der Waals surface area contributed by atoms with Crippen LogP contribution >= 0.6 is 0 Å². The molecule has 1 fully saturated rings. The van der Waals surface area contributed by atoms with Crippen molar-refractivity contribution in [3.8, 4) is 16.9 Å². The van der Waals surface area contributed by atoms with Gasteiger partial charge < -0.3 is 14.7 Å². The first-order valence-corrected chi connectivity index (χ1v) is 13.6. The lowest BCUT2D eigenvalue weighted by Crippen LogP contribution is -2.38. The van der Waals surface area contributed by atoms with Gasteiger partial charge in [0, 0.05) is 42.0 Å². The van der Waals surface area contributed by atoms with Crippen molar-refractivity contribution in [2.45, 2.75) is 72.3 Å². The van der Waals surface area contributed by atoms with E-state index in [0.717, 1.165) is 95.8 Å². The molecule has 38 heavy (non-hydrogen) atoms. The summed E-state index contributed by atoms with van der Waals surface area (Å²) in [4.78, 5) is 19.1. The molecule has 1 unspecified atom stereocenters. The summed E-state index contributed by atoms with van der Waals surface area (Å²) in [6, 6.07) is 13.0. The largest absolute Gasteiger partial charge is 0.490 e. The van der Waals surface area contributed by atoms with Crippen LogP contribution in [0.15, 0.2) is 42.5 Å². The fourth-order valence-corrected chi connectivity index (χ4v) is 5.89. The van der Waals surface area contributed by atoms with E-state index >= 15 is 0 Å².